The van der Waals surface area contributed by atoms with Crippen LogP contribution in [0.5, 0.6) is 0 Å². The minimum Gasteiger partial charge on any atom is -0.352 e. The van der Waals surface area contributed by atoms with Crippen molar-refractivity contribution in [2.24, 2.45) is 7.05 Å². The van der Waals surface area contributed by atoms with Gasteiger partial charge < -0.3 is 5.32 Å². The van der Waals surface area contributed by atoms with Crippen molar-refractivity contribution in [3.05, 3.63) is 58.4 Å². The molecule has 8 nitrogen and oxygen atoms in total. The van der Waals surface area contributed by atoms with Crippen molar-refractivity contribution >= 4 is 35.4 Å². The fourth-order valence-electron chi connectivity index (χ4n) is 3.28. The topological polar surface area (TPSA) is 87.5 Å². The summed E-state index contributed by atoms with van der Waals surface area (Å²) in [5, 5.41) is 10.3. The molecule has 2 aromatic rings. The van der Waals surface area contributed by atoms with Gasteiger partial charge in [-0.25, -0.2) is 5.01 Å². The van der Waals surface area contributed by atoms with Crippen molar-refractivity contribution in [1.82, 2.24) is 25.1 Å². The number of nitrogens with one attached hydrogen (secondary N) is 1. The summed E-state index contributed by atoms with van der Waals surface area (Å²) >= 11 is 6.19. The first-order valence-corrected chi connectivity index (χ1v) is 10.1. The van der Waals surface area contributed by atoms with E-state index < -0.39 is 0 Å². The maximum absolute atomic E-state index is 12.6. The molecule has 2 heterocycles. The maximum atomic E-state index is 12.6. The molecule has 0 aliphatic carbocycles. The number of halogens is 1. The second kappa shape index (κ2) is 9.58. The first-order chi connectivity index (χ1) is 14.4. The average Bonchev–Trinajstić information content (AvgIpc) is 3.32. The van der Waals surface area contributed by atoms with Gasteiger partial charge >= 0.3 is 0 Å². The summed E-state index contributed by atoms with van der Waals surface area (Å²) in [4.78, 5) is 37.3. The minimum atomic E-state index is -0.298. The van der Waals surface area contributed by atoms with Gasteiger partial charge in [-0.05, 0) is 31.6 Å². The molecule has 158 valence electrons. The molecule has 9 heteroatoms. The molecule has 1 aromatic carbocycles. The largest absolute Gasteiger partial charge is 0.352 e. The van der Waals surface area contributed by atoms with Gasteiger partial charge in [0.2, 0.25) is 5.91 Å². The summed E-state index contributed by atoms with van der Waals surface area (Å²) in [7, 11) is 1.73. The molecule has 0 bridgehead atoms. The van der Waals surface area contributed by atoms with Crippen LogP contribution in [-0.2, 0) is 16.6 Å². The van der Waals surface area contributed by atoms with E-state index in [-0.39, 0.29) is 30.7 Å². The number of aryl methyl sites for hydroxylation is 2. The lowest BCUT2D eigenvalue weighted by molar-refractivity contribution is -0.154. The molecular formula is C21H24ClN5O3. The number of hydrazine groups is 1. The van der Waals surface area contributed by atoms with E-state index in [2.05, 4.69) is 10.4 Å². The predicted octanol–water partition coefficient (Wildman–Crippen LogP) is 2.19. The quantitative estimate of drug-likeness (QED) is 0.713. The third-order valence-corrected chi connectivity index (χ3v) is 5.27. The highest BCUT2D eigenvalue weighted by molar-refractivity contribution is 6.31. The van der Waals surface area contributed by atoms with Crippen LogP contribution in [-0.4, -0.2) is 57.2 Å². The van der Waals surface area contributed by atoms with E-state index in [0.717, 1.165) is 5.69 Å². The Bertz CT molecular complexity index is 971. The average molecular weight is 430 g/mol. The van der Waals surface area contributed by atoms with Crippen LogP contribution in [0.25, 0.3) is 6.08 Å². The van der Waals surface area contributed by atoms with E-state index in [1.165, 1.54) is 20.8 Å². The Labute approximate surface area is 180 Å². The number of carbonyl (C=O) groups is 3. The highest BCUT2D eigenvalue weighted by atomic mass is 35.5. The monoisotopic (exact) mass is 429 g/mol. The van der Waals surface area contributed by atoms with Crippen molar-refractivity contribution in [3.63, 3.8) is 0 Å². The number of nitrogens with zero attached hydrogens (tertiary/aromatic N) is 4. The number of aromatic nitrogens is 2. The van der Waals surface area contributed by atoms with E-state index in [0.29, 0.717) is 35.8 Å². The van der Waals surface area contributed by atoms with Crippen molar-refractivity contribution in [1.29, 1.82) is 0 Å². The zero-order valence-electron chi connectivity index (χ0n) is 17.0. The third-order valence-electron chi connectivity index (χ3n) is 4.82. The summed E-state index contributed by atoms with van der Waals surface area (Å²) in [6, 6.07) is 8.81. The van der Waals surface area contributed by atoms with E-state index >= 15 is 0 Å². The summed E-state index contributed by atoms with van der Waals surface area (Å²) in [6.07, 6.45) is 3.83. The maximum Gasteiger partial charge on any atom is 0.265 e. The summed E-state index contributed by atoms with van der Waals surface area (Å²) in [5.74, 6) is -0.740. The van der Waals surface area contributed by atoms with Crippen LogP contribution in [0.4, 0.5) is 0 Å². The predicted molar refractivity (Wildman–Crippen MR) is 113 cm³/mol. The Balaban J connectivity index is 1.55. The molecule has 0 radical (unpaired) electrons. The fraction of sp³-hybridized carbons (Fsp3) is 0.333. The SMILES string of the molecule is Cc1nn(C)c(Cl)c1C=CC(=O)N1CCCN1C(=O)CCNC(=O)c1ccccc1. The van der Waals surface area contributed by atoms with Crippen LogP contribution in [0.2, 0.25) is 5.15 Å². The lowest BCUT2D eigenvalue weighted by atomic mass is 10.2. The molecule has 0 spiro atoms. The first kappa shape index (κ1) is 21.6. The third kappa shape index (κ3) is 4.88. The molecule has 0 saturated carbocycles. The number of hydrogen-bond acceptors (Lipinski definition) is 4. The van der Waals surface area contributed by atoms with Crippen LogP contribution in [0.1, 0.15) is 34.5 Å². The van der Waals surface area contributed by atoms with Gasteiger partial charge in [0, 0.05) is 50.3 Å². The molecule has 0 unspecified atom stereocenters. The molecule has 3 rings (SSSR count). The van der Waals surface area contributed by atoms with Crippen LogP contribution in [0.15, 0.2) is 36.4 Å². The van der Waals surface area contributed by atoms with Gasteiger partial charge in [0.25, 0.3) is 11.8 Å². The Morgan fingerprint density at radius 2 is 1.87 bits per heavy atom. The van der Waals surface area contributed by atoms with E-state index in [1.807, 2.05) is 13.0 Å². The van der Waals surface area contributed by atoms with Gasteiger partial charge in [-0.2, -0.15) is 5.10 Å². The lowest BCUT2D eigenvalue weighted by Crippen LogP contribution is -2.45. The Morgan fingerprint density at radius 3 is 2.53 bits per heavy atom. The van der Waals surface area contributed by atoms with E-state index in [1.54, 1.807) is 37.4 Å². The smallest absolute Gasteiger partial charge is 0.265 e. The Hall–Kier alpha value is -3.13. The second-order valence-corrected chi connectivity index (χ2v) is 7.31. The molecule has 1 fully saturated rings. The molecule has 0 atom stereocenters. The number of carbonyl (C=O) groups excluding carboxylic acids is 3. The zero-order valence-corrected chi connectivity index (χ0v) is 17.7. The van der Waals surface area contributed by atoms with Gasteiger partial charge in [0.05, 0.1) is 5.69 Å². The molecule has 3 amide bonds. The van der Waals surface area contributed by atoms with Gasteiger partial charge in [0.15, 0.2) is 0 Å². The molecule has 1 aliphatic heterocycles. The van der Waals surface area contributed by atoms with Crippen LogP contribution in [0, 0.1) is 6.92 Å². The van der Waals surface area contributed by atoms with Gasteiger partial charge in [0.1, 0.15) is 5.15 Å². The van der Waals surface area contributed by atoms with Crippen molar-refractivity contribution in [2.75, 3.05) is 19.6 Å². The van der Waals surface area contributed by atoms with E-state index in [9.17, 15) is 14.4 Å². The molecule has 1 N–H and O–H groups in total. The molecule has 1 aliphatic rings. The number of amides is 3. The van der Waals surface area contributed by atoms with Crippen LogP contribution < -0.4 is 5.32 Å². The fourth-order valence-corrected chi connectivity index (χ4v) is 3.52. The summed E-state index contributed by atoms with van der Waals surface area (Å²) < 4.78 is 1.54. The highest BCUT2D eigenvalue weighted by Gasteiger charge is 2.29. The van der Waals surface area contributed by atoms with Crippen molar-refractivity contribution in [2.45, 2.75) is 19.8 Å². The number of rotatable bonds is 6. The normalized spacial score (nSPS) is 13.8. The number of benzene rings is 1. The Morgan fingerprint density at radius 1 is 1.17 bits per heavy atom. The van der Waals surface area contributed by atoms with Crippen molar-refractivity contribution in [3.8, 4) is 0 Å². The molecule has 1 saturated heterocycles. The zero-order chi connectivity index (χ0) is 21.7. The standard InChI is InChI=1S/C21H24ClN5O3/c1-15-17(20(22)25(2)24-15)9-10-18(28)26-13-6-14-27(26)19(29)11-12-23-21(30)16-7-4-3-5-8-16/h3-5,7-10H,6,11-14H2,1-2H3,(H,23,30). The lowest BCUT2D eigenvalue weighted by Gasteiger charge is -2.27. The first-order valence-electron chi connectivity index (χ1n) is 9.70. The van der Waals surface area contributed by atoms with Gasteiger partial charge in [-0.1, -0.05) is 29.8 Å². The molecule has 1 aromatic heterocycles. The van der Waals surface area contributed by atoms with Gasteiger partial charge in [-0.3, -0.25) is 24.1 Å². The number of hydrogen-bond donors (Lipinski definition) is 1. The van der Waals surface area contributed by atoms with Crippen molar-refractivity contribution < 1.29 is 14.4 Å². The minimum absolute atomic E-state index is 0.111. The summed E-state index contributed by atoms with van der Waals surface area (Å²) in [5.41, 5.74) is 1.93. The molecule has 30 heavy (non-hydrogen) atoms. The summed E-state index contributed by atoms with van der Waals surface area (Å²) in [6.45, 7) is 2.94. The highest BCUT2D eigenvalue weighted by Crippen LogP contribution is 2.21. The van der Waals surface area contributed by atoms with Crippen LogP contribution >= 0.6 is 11.6 Å². The molecular weight excluding hydrogens is 406 g/mol. The van der Waals surface area contributed by atoms with E-state index in [4.69, 9.17) is 11.6 Å². The van der Waals surface area contributed by atoms with Crippen LogP contribution in [0.3, 0.4) is 0 Å². The second-order valence-electron chi connectivity index (χ2n) is 6.95. The van der Waals surface area contributed by atoms with Gasteiger partial charge in [-0.15, -0.1) is 0 Å². The Kier molecular flexibility index (Phi) is 6.89.